The molecule has 0 saturated heterocycles. The molecule has 5 heteroatoms. The van der Waals surface area contributed by atoms with E-state index < -0.39 is 0 Å². The number of rotatable bonds is 2. The molecule has 2 rings (SSSR count). The van der Waals surface area contributed by atoms with Crippen molar-refractivity contribution in [2.24, 2.45) is 7.05 Å². The summed E-state index contributed by atoms with van der Waals surface area (Å²) in [6, 6.07) is 0.325. The zero-order valence-electron chi connectivity index (χ0n) is 10.3. The van der Waals surface area contributed by atoms with E-state index in [9.17, 15) is 4.79 Å². The Hall–Kier alpha value is -0.840. The fraction of sp³-hybridized carbons (Fsp3) is 0.667. The van der Waals surface area contributed by atoms with Crippen LogP contribution in [0.15, 0.2) is 4.47 Å². The number of hydrogen-bond donors (Lipinski definition) is 1. The van der Waals surface area contributed by atoms with Gasteiger partial charge in [0, 0.05) is 13.1 Å². The van der Waals surface area contributed by atoms with Crippen molar-refractivity contribution in [3.8, 4) is 0 Å². The van der Waals surface area contributed by atoms with Gasteiger partial charge in [-0.25, -0.2) is 0 Å². The van der Waals surface area contributed by atoms with Crippen molar-refractivity contribution in [1.29, 1.82) is 0 Å². The first-order valence-electron chi connectivity index (χ1n) is 6.09. The van der Waals surface area contributed by atoms with Crippen molar-refractivity contribution < 1.29 is 4.79 Å². The van der Waals surface area contributed by atoms with E-state index in [4.69, 9.17) is 0 Å². The van der Waals surface area contributed by atoms with Crippen LogP contribution in [0.25, 0.3) is 0 Å². The molecule has 1 aromatic heterocycles. The van der Waals surface area contributed by atoms with Gasteiger partial charge in [0.1, 0.15) is 0 Å². The van der Waals surface area contributed by atoms with Gasteiger partial charge in [-0.2, -0.15) is 5.10 Å². The summed E-state index contributed by atoms with van der Waals surface area (Å²) in [6.45, 7) is 1.94. The Morgan fingerprint density at radius 2 is 2.06 bits per heavy atom. The van der Waals surface area contributed by atoms with Gasteiger partial charge in [-0.15, -0.1) is 0 Å². The van der Waals surface area contributed by atoms with E-state index in [1.54, 1.807) is 4.68 Å². The summed E-state index contributed by atoms with van der Waals surface area (Å²) >= 11 is 3.42. The number of carbonyl (C=O) groups is 1. The summed E-state index contributed by atoms with van der Waals surface area (Å²) in [7, 11) is 1.84. The first-order valence-corrected chi connectivity index (χ1v) is 6.89. The van der Waals surface area contributed by atoms with Crippen LogP contribution in [0.4, 0.5) is 0 Å². The van der Waals surface area contributed by atoms with Crippen molar-refractivity contribution in [3.63, 3.8) is 0 Å². The summed E-state index contributed by atoms with van der Waals surface area (Å²) in [4.78, 5) is 12.1. The molecular weight excluding hydrogens is 282 g/mol. The van der Waals surface area contributed by atoms with Gasteiger partial charge in [-0.1, -0.05) is 19.3 Å². The largest absolute Gasteiger partial charge is 0.348 e. The quantitative estimate of drug-likeness (QED) is 0.912. The van der Waals surface area contributed by atoms with Crippen LogP contribution in [0.1, 0.15) is 48.3 Å². The number of aryl methyl sites for hydroxylation is 1. The number of halogens is 1. The topological polar surface area (TPSA) is 46.9 Å². The summed E-state index contributed by atoms with van der Waals surface area (Å²) < 4.78 is 2.52. The SMILES string of the molecule is Cc1c(Br)c(C(=O)NC2CCCCC2)nn1C. The Kier molecular flexibility index (Phi) is 3.86. The highest BCUT2D eigenvalue weighted by atomic mass is 79.9. The monoisotopic (exact) mass is 299 g/mol. The number of carbonyl (C=O) groups excluding carboxylic acids is 1. The van der Waals surface area contributed by atoms with Gasteiger partial charge < -0.3 is 5.32 Å². The van der Waals surface area contributed by atoms with Crippen LogP contribution in [-0.4, -0.2) is 21.7 Å². The molecule has 1 amide bonds. The van der Waals surface area contributed by atoms with Crippen LogP contribution >= 0.6 is 15.9 Å². The molecule has 0 atom stereocenters. The van der Waals surface area contributed by atoms with Crippen molar-refractivity contribution in [1.82, 2.24) is 15.1 Å². The van der Waals surface area contributed by atoms with E-state index in [0.717, 1.165) is 23.0 Å². The maximum Gasteiger partial charge on any atom is 0.273 e. The van der Waals surface area contributed by atoms with E-state index in [0.29, 0.717) is 11.7 Å². The molecule has 1 aliphatic rings. The normalized spacial score (nSPS) is 17.1. The number of hydrogen-bond acceptors (Lipinski definition) is 2. The molecule has 4 nitrogen and oxygen atoms in total. The second-order valence-corrected chi connectivity index (χ2v) is 5.47. The third-order valence-corrected chi connectivity index (χ3v) is 4.37. The lowest BCUT2D eigenvalue weighted by atomic mass is 9.95. The molecular formula is C12H18BrN3O. The predicted molar refractivity (Wildman–Crippen MR) is 70.0 cm³/mol. The first-order chi connectivity index (χ1) is 8.09. The van der Waals surface area contributed by atoms with Crippen molar-refractivity contribution in [2.45, 2.75) is 45.1 Å². The number of nitrogens with one attached hydrogen (secondary N) is 1. The summed E-state index contributed by atoms with van der Waals surface area (Å²) in [5.41, 5.74) is 1.47. The van der Waals surface area contributed by atoms with E-state index in [2.05, 4.69) is 26.3 Å². The second kappa shape index (κ2) is 5.21. The first kappa shape index (κ1) is 12.6. The Balaban J connectivity index is 2.06. The third-order valence-electron chi connectivity index (χ3n) is 3.42. The molecule has 1 saturated carbocycles. The second-order valence-electron chi connectivity index (χ2n) is 4.68. The van der Waals surface area contributed by atoms with Crippen LogP contribution in [0.2, 0.25) is 0 Å². The molecule has 0 spiro atoms. The van der Waals surface area contributed by atoms with Gasteiger partial charge in [0.2, 0.25) is 0 Å². The lowest BCUT2D eigenvalue weighted by Gasteiger charge is -2.22. The van der Waals surface area contributed by atoms with Crippen LogP contribution in [0.3, 0.4) is 0 Å². The van der Waals surface area contributed by atoms with Gasteiger partial charge in [0.15, 0.2) is 5.69 Å². The van der Waals surface area contributed by atoms with Crippen LogP contribution in [-0.2, 0) is 7.05 Å². The standard InChI is InChI=1S/C12H18BrN3O/c1-8-10(13)11(15-16(8)2)12(17)14-9-6-4-3-5-7-9/h9H,3-7H2,1-2H3,(H,14,17). The average molecular weight is 300 g/mol. The van der Waals surface area contributed by atoms with Gasteiger partial charge in [0.05, 0.1) is 10.2 Å². The molecule has 94 valence electrons. The minimum atomic E-state index is -0.0625. The van der Waals surface area contributed by atoms with Crippen LogP contribution in [0.5, 0.6) is 0 Å². The zero-order valence-corrected chi connectivity index (χ0v) is 11.9. The van der Waals surface area contributed by atoms with Crippen LogP contribution in [0, 0.1) is 6.92 Å². The average Bonchev–Trinajstić information content (AvgIpc) is 2.58. The molecule has 0 aromatic carbocycles. The fourth-order valence-electron chi connectivity index (χ4n) is 2.23. The Morgan fingerprint density at radius 3 is 2.59 bits per heavy atom. The minimum Gasteiger partial charge on any atom is -0.348 e. The molecule has 0 radical (unpaired) electrons. The molecule has 17 heavy (non-hydrogen) atoms. The van der Waals surface area contributed by atoms with E-state index in [1.165, 1.54) is 19.3 Å². The van der Waals surface area contributed by atoms with Gasteiger partial charge >= 0.3 is 0 Å². The number of amides is 1. The summed E-state index contributed by atoms with van der Waals surface area (Å²) in [6.07, 6.45) is 5.91. The third kappa shape index (κ3) is 2.70. The molecule has 0 aliphatic heterocycles. The predicted octanol–water partition coefficient (Wildman–Crippen LogP) is 2.55. The maximum atomic E-state index is 12.1. The minimum absolute atomic E-state index is 0.0625. The maximum absolute atomic E-state index is 12.1. The van der Waals surface area contributed by atoms with E-state index in [1.807, 2.05) is 14.0 Å². The van der Waals surface area contributed by atoms with E-state index >= 15 is 0 Å². The highest BCUT2D eigenvalue weighted by molar-refractivity contribution is 9.10. The van der Waals surface area contributed by atoms with Gasteiger partial charge in [-0.05, 0) is 35.7 Å². The van der Waals surface area contributed by atoms with Crippen molar-refractivity contribution in [3.05, 3.63) is 15.9 Å². The molecule has 0 unspecified atom stereocenters. The number of nitrogens with zero attached hydrogens (tertiary/aromatic N) is 2. The summed E-state index contributed by atoms with van der Waals surface area (Å²) in [5, 5.41) is 7.30. The molecule has 1 N–H and O–H groups in total. The molecule has 1 fully saturated rings. The highest BCUT2D eigenvalue weighted by Gasteiger charge is 2.21. The zero-order chi connectivity index (χ0) is 12.4. The molecule has 0 bridgehead atoms. The Labute approximate surface area is 110 Å². The highest BCUT2D eigenvalue weighted by Crippen LogP contribution is 2.22. The van der Waals surface area contributed by atoms with E-state index in [-0.39, 0.29) is 5.91 Å². The Bertz CT molecular complexity index is 422. The smallest absolute Gasteiger partial charge is 0.273 e. The molecule has 1 heterocycles. The molecule has 1 aliphatic carbocycles. The lowest BCUT2D eigenvalue weighted by molar-refractivity contribution is 0.0921. The lowest BCUT2D eigenvalue weighted by Crippen LogP contribution is -2.36. The fourth-order valence-corrected chi connectivity index (χ4v) is 2.74. The van der Waals surface area contributed by atoms with Crippen molar-refractivity contribution >= 4 is 21.8 Å². The van der Waals surface area contributed by atoms with Crippen molar-refractivity contribution in [2.75, 3.05) is 0 Å². The summed E-state index contributed by atoms with van der Waals surface area (Å²) in [5.74, 6) is -0.0625. The number of aromatic nitrogens is 2. The molecule has 1 aromatic rings. The van der Waals surface area contributed by atoms with Crippen LogP contribution < -0.4 is 5.32 Å². The van der Waals surface area contributed by atoms with Gasteiger partial charge in [-0.3, -0.25) is 9.48 Å². The Morgan fingerprint density at radius 1 is 1.41 bits per heavy atom. The van der Waals surface area contributed by atoms with Gasteiger partial charge in [0.25, 0.3) is 5.91 Å².